The number of amides is 2. The molecular formula is C24H34N2O5. The molecule has 1 heterocycles. The minimum absolute atomic E-state index is 0.00000609. The number of methoxy groups -OCH3 is 2. The van der Waals surface area contributed by atoms with Crippen molar-refractivity contribution in [2.75, 3.05) is 27.3 Å². The lowest BCUT2D eigenvalue weighted by Gasteiger charge is -2.30. The van der Waals surface area contributed by atoms with Crippen molar-refractivity contribution in [2.24, 2.45) is 0 Å². The third-order valence-electron chi connectivity index (χ3n) is 5.45. The van der Waals surface area contributed by atoms with Crippen molar-refractivity contribution in [3.63, 3.8) is 0 Å². The van der Waals surface area contributed by atoms with Crippen LogP contribution < -0.4 is 9.47 Å². The van der Waals surface area contributed by atoms with Gasteiger partial charge in [0.15, 0.2) is 11.5 Å². The van der Waals surface area contributed by atoms with Crippen molar-refractivity contribution in [3.8, 4) is 11.5 Å². The predicted octanol–water partition coefficient (Wildman–Crippen LogP) is 3.82. The molecule has 0 spiro atoms. The van der Waals surface area contributed by atoms with Gasteiger partial charge in [-0.15, -0.1) is 0 Å². The van der Waals surface area contributed by atoms with E-state index in [9.17, 15) is 9.59 Å². The van der Waals surface area contributed by atoms with Crippen molar-refractivity contribution >= 4 is 11.8 Å². The van der Waals surface area contributed by atoms with Crippen LogP contribution in [0.15, 0.2) is 34.7 Å². The van der Waals surface area contributed by atoms with Crippen molar-refractivity contribution in [2.45, 2.75) is 53.1 Å². The van der Waals surface area contributed by atoms with Gasteiger partial charge in [0.1, 0.15) is 11.5 Å². The highest BCUT2D eigenvalue weighted by Gasteiger charge is 2.23. The summed E-state index contributed by atoms with van der Waals surface area (Å²) in [4.78, 5) is 28.6. The fourth-order valence-electron chi connectivity index (χ4n) is 3.39. The first kappa shape index (κ1) is 24.3. The Balaban J connectivity index is 2.18. The summed E-state index contributed by atoms with van der Waals surface area (Å²) in [6.45, 7) is 8.23. The minimum Gasteiger partial charge on any atom is -0.493 e. The quantitative estimate of drug-likeness (QED) is 0.542. The fraction of sp³-hybridized carbons (Fsp3) is 0.500. The van der Waals surface area contributed by atoms with Crippen LogP contribution in [0.25, 0.3) is 0 Å². The number of carbonyl (C=O) groups is 2. The Morgan fingerprint density at radius 1 is 1.10 bits per heavy atom. The van der Waals surface area contributed by atoms with Crippen molar-refractivity contribution in [1.29, 1.82) is 0 Å². The van der Waals surface area contributed by atoms with Crippen LogP contribution in [-0.2, 0) is 22.6 Å². The molecular weight excluding hydrogens is 396 g/mol. The highest BCUT2D eigenvalue weighted by molar-refractivity contribution is 5.84. The van der Waals surface area contributed by atoms with Gasteiger partial charge in [-0.1, -0.05) is 13.0 Å². The van der Waals surface area contributed by atoms with E-state index in [1.807, 2.05) is 51.1 Å². The maximum Gasteiger partial charge on any atom is 0.242 e. The molecule has 2 aromatic rings. The van der Waals surface area contributed by atoms with E-state index in [0.29, 0.717) is 31.0 Å². The highest BCUT2D eigenvalue weighted by atomic mass is 16.5. The number of hydrogen-bond donors (Lipinski definition) is 0. The van der Waals surface area contributed by atoms with Crippen LogP contribution in [0.3, 0.4) is 0 Å². The first-order valence-electron chi connectivity index (χ1n) is 10.6. The molecule has 1 aromatic carbocycles. The largest absolute Gasteiger partial charge is 0.493 e. The predicted molar refractivity (Wildman–Crippen MR) is 119 cm³/mol. The molecule has 1 aromatic heterocycles. The maximum absolute atomic E-state index is 13.2. The fourth-order valence-corrected chi connectivity index (χ4v) is 3.39. The molecule has 0 aliphatic carbocycles. The zero-order valence-corrected chi connectivity index (χ0v) is 19.4. The summed E-state index contributed by atoms with van der Waals surface area (Å²) < 4.78 is 16.4. The summed E-state index contributed by atoms with van der Waals surface area (Å²) in [6.07, 6.45) is 1.42. The Labute approximate surface area is 184 Å². The zero-order valence-electron chi connectivity index (χ0n) is 19.4. The zero-order chi connectivity index (χ0) is 23.0. The first-order chi connectivity index (χ1) is 14.8. The molecule has 170 valence electrons. The standard InChI is InChI=1S/C24H34N2O5/c1-7-17(2)26(19(4)27)16-24(28)25(15-21-10-8-18(3)31-21)13-12-20-9-11-22(29-5)23(14-20)30-6/h8-11,14,17H,7,12-13,15-16H2,1-6H3. The van der Waals surface area contributed by atoms with E-state index in [4.69, 9.17) is 13.9 Å². The number of ether oxygens (including phenoxy) is 2. The number of hydrogen-bond acceptors (Lipinski definition) is 5. The van der Waals surface area contributed by atoms with E-state index in [1.54, 1.807) is 24.0 Å². The molecule has 2 rings (SSSR count). The van der Waals surface area contributed by atoms with Gasteiger partial charge < -0.3 is 23.7 Å². The molecule has 7 heteroatoms. The van der Waals surface area contributed by atoms with E-state index in [-0.39, 0.29) is 24.4 Å². The molecule has 2 amide bonds. The molecule has 0 saturated heterocycles. The van der Waals surface area contributed by atoms with Crippen LogP contribution in [0, 0.1) is 6.92 Å². The van der Waals surface area contributed by atoms with Gasteiger partial charge in [-0.3, -0.25) is 9.59 Å². The number of carbonyl (C=O) groups excluding carboxylic acids is 2. The van der Waals surface area contributed by atoms with Crippen LogP contribution in [0.4, 0.5) is 0 Å². The third-order valence-corrected chi connectivity index (χ3v) is 5.45. The molecule has 0 aliphatic rings. The van der Waals surface area contributed by atoms with Crippen LogP contribution in [0.2, 0.25) is 0 Å². The highest BCUT2D eigenvalue weighted by Crippen LogP contribution is 2.27. The first-order valence-corrected chi connectivity index (χ1v) is 10.6. The summed E-state index contributed by atoms with van der Waals surface area (Å²) >= 11 is 0. The summed E-state index contributed by atoms with van der Waals surface area (Å²) in [7, 11) is 3.20. The lowest BCUT2D eigenvalue weighted by molar-refractivity contribution is -0.141. The number of benzene rings is 1. The third kappa shape index (κ3) is 6.77. The maximum atomic E-state index is 13.2. The second-order valence-corrected chi connectivity index (χ2v) is 7.67. The normalized spacial score (nSPS) is 11.7. The van der Waals surface area contributed by atoms with E-state index in [2.05, 4.69) is 0 Å². The molecule has 0 radical (unpaired) electrons. The summed E-state index contributed by atoms with van der Waals surface area (Å²) in [5.41, 5.74) is 1.02. The SMILES string of the molecule is CCC(C)N(CC(=O)N(CCc1ccc(OC)c(OC)c1)Cc1ccc(C)o1)C(C)=O. The molecule has 0 bridgehead atoms. The van der Waals surface area contributed by atoms with Gasteiger partial charge in [-0.2, -0.15) is 0 Å². The second-order valence-electron chi connectivity index (χ2n) is 7.67. The molecule has 0 fully saturated rings. The number of nitrogens with zero attached hydrogens (tertiary/aromatic N) is 2. The van der Waals surface area contributed by atoms with Crippen LogP contribution in [0.5, 0.6) is 11.5 Å². The Bertz CT molecular complexity index is 877. The Morgan fingerprint density at radius 2 is 1.81 bits per heavy atom. The molecule has 0 saturated carbocycles. The molecule has 1 unspecified atom stereocenters. The van der Waals surface area contributed by atoms with Gasteiger partial charge >= 0.3 is 0 Å². The van der Waals surface area contributed by atoms with Crippen LogP contribution >= 0.6 is 0 Å². The van der Waals surface area contributed by atoms with Gasteiger partial charge in [-0.25, -0.2) is 0 Å². The molecule has 31 heavy (non-hydrogen) atoms. The van der Waals surface area contributed by atoms with Gasteiger partial charge in [0.25, 0.3) is 0 Å². The van der Waals surface area contributed by atoms with Crippen molar-refractivity contribution < 1.29 is 23.5 Å². The smallest absolute Gasteiger partial charge is 0.242 e. The summed E-state index contributed by atoms with van der Waals surface area (Å²) in [5.74, 6) is 2.62. The summed E-state index contributed by atoms with van der Waals surface area (Å²) in [6, 6.07) is 9.50. The van der Waals surface area contributed by atoms with Gasteiger partial charge in [0.2, 0.25) is 11.8 Å². The number of furan rings is 1. The van der Waals surface area contributed by atoms with Gasteiger partial charge in [-0.05, 0) is 56.5 Å². The summed E-state index contributed by atoms with van der Waals surface area (Å²) in [5, 5.41) is 0. The Morgan fingerprint density at radius 3 is 2.35 bits per heavy atom. The average molecular weight is 431 g/mol. The molecule has 7 nitrogen and oxygen atoms in total. The number of rotatable bonds is 11. The van der Waals surface area contributed by atoms with Crippen molar-refractivity contribution in [3.05, 3.63) is 47.4 Å². The van der Waals surface area contributed by atoms with E-state index in [0.717, 1.165) is 23.5 Å². The van der Waals surface area contributed by atoms with Crippen molar-refractivity contribution in [1.82, 2.24) is 9.80 Å². The number of aryl methyl sites for hydroxylation is 1. The van der Waals surface area contributed by atoms with Gasteiger partial charge in [0, 0.05) is 19.5 Å². The van der Waals surface area contributed by atoms with E-state index in [1.165, 1.54) is 6.92 Å². The topological polar surface area (TPSA) is 72.2 Å². The van der Waals surface area contributed by atoms with E-state index >= 15 is 0 Å². The van der Waals surface area contributed by atoms with Crippen LogP contribution in [-0.4, -0.2) is 55.0 Å². The lowest BCUT2D eigenvalue weighted by atomic mass is 10.1. The monoisotopic (exact) mass is 430 g/mol. The second kappa shape index (κ2) is 11.4. The molecule has 0 N–H and O–H groups in total. The van der Waals surface area contributed by atoms with Crippen LogP contribution in [0.1, 0.15) is 44.3 Å². The lowest BCUT2D eigenvalue weighted by Crippen LogP contribution is -2.46. The van der Waals surface area contributed by atoms with E-state index < -0.39 is 0 Å². The molecule has 0 aliphatic heterocycles. The average Bonchev–Trinajstić information content (AvgIpc) is 3.18. The Kier molecular flexibility index (Phi) is 8.97. The molecule has 1 atom stereocenters. The Hall–Kier alpha value is -2.96. The minimum atomic E-state index is -0.106. The van der Waals surface area contributed by atoms with Gasteiger partial charge in [0.05, 0.1) is 27.3 Å².